The molecule has 1 aliphatic heterocycles. The minimum atomic E-state index is -4.80. The van der Waals surface area contributed by atoms with Gasteiger partial charge in [-0.1, -0.05) is 67.6 Å². The molecule has 0 saturated carbocycles. The zero-order valence-corrected chi connectivity index (χ0v) is 18.8. The number of alkyl halides is 3. The van der Waals surface area contributed by atoms with Crippen molar-refractivity contribution in [3.8, 4) is 0 Å². The summed E-state index contributed by atoms with van der Waals surface area (Å²) in [6, 6.07) is 14.4. The Bertz CT molecular complexity index is 1010. The van der Waals surface area contributed by atoms with Crippen molar-refractivity contribution in [1.82, 2.24) is 0 Å². The number of hydrogen-bond donors (Lipinski definition) is 1. The highest BCUT2D eigenvalue weighted by Gasteiger charge is 2.56. The largest absolute Gasteiger partial charge is 0.418 e. The second kappa shape index (κ2) is 8.98. The summed E-state index contributed by atoms with van der Waals surface area (Å²) >= 11 is 0. The fraction of sp³-hybridized carbons (Fsp3) is 0.400. The molecule has 2 aromatic rings. The van der Waals surface area contributed by atoms with Crippen molar-refractivity contribution in [2.75, 3.05) is 25.1 Å². The van der Waals surface area contributed by atoms with Gasteiger partial charge in [-0.15, -0.1) is 0 Å². The van der Waals surface area contributed by atoms with Gasteiger partial charge in [0.1, 0.15) is 7.11 Å². The highest BCUT2D eigenvalue weighted by molar-refractivity contribution is 5.98. The van der Waals surface area contributed by atoms with Crippen molar-refractivity contribution >= 4 is 17.5 Å². The molecule has 0 aromatic heterocycles. The van der Waals surface area contributed by atoms with E-state index in [1.165, 1.54) is 7.11 Å². The van der Waals surface area contributed by atoms with Gasteiger partial charge in [-0.25, -0.2) is 0 Å². The topological polar surface area (TPSA) is 45.1 Å². The van der Waals surface area contributed by atoms with Gasteiger partial charge in [-0.3, -0.25) is 0 Å². The van der Waals surface area contributed by atoms with Crippen LogP contribution in [0.1, 0.15) is 43.9 Å². The fourth-order valence-electron chi connectivity index (χ4n) is 4.22. The Morgan fingerprint density at radius 1 is 1.12 bits per heavy atom. The molecular formula is C25H29F3N2O2. The van der Waals surface area contributed by atoms with Crippen molar-refractivity contribution in [1.29, 1.82) is 0 Å². The maximum Gasteiger partial charge on any atom is 0.418 e. The molecule has 0 bridgehead atoms. The number of benzene rings is 2. The van der Waals surface area contributed by atoms with Crippen LogP contribution in [0.3, 0.4) is 0 Å². The highest BCUT2D eigenvalue weighted by atomic mass is 19.4. The molecule has 32 heavy (non-hydrogen) atoms. The van der Waals surface area contributed by atoms with Crippen LogP contribution in [0.5, 0.6) is 0 Å². The lowest BCUT2D eigenvalue weighted by Crippen LogP contribution is -2.56. The van der Waals surface area contributed by atoms with E-state index in [9.17, 15) is 18.3 Å². The number of nitrogens with zero attached hydrogens (tertiary/aromatic N) is 2. The second-order valence-electron chi connectivity index (χ2n) is 8.87. The van der Waals surface area contributed by atoms with Gasteiger partial charge in [0.2, 0.25) is 0 Å². The SMILES string of the molecule is CON=C(C)c1cccc(C(C)(C)CC(O)(CN2CC=Cc3ccccc32)C(F)(F)F)c1. The van der Waals surface area contributed by atoms with Crippen molar-refractivity contribution in [3.63, 3.8) is 0 Å². The lowest BCUT2D eigenvalue weighted by Gasteiger charge is -2.42. The third-order valence-corrected chi connectivity index (χ3v) is 5.91. The summed E-state index contributed by atoms with van der Waals surface area (Å²) in [5, 5.41) is 15.0. The number of hydrogen-bond acceptors (Lipinski definition) is 4. The van der Waals surface area contributed by atoms with Crippen LogP contribution in [0, 0.1) is 0 Å². The maximum atomic E-state index is 14.3. The minimum Gasteiger partial charge on any atom is -0.399 e. The molecule has 4 nitrogen and oxygen atoms in total. The predicted octanol–water partition coefficient (Wildman–Crippen LogP) is 5.55. The number of oxime groups is 1. The molecule has 1 unspecified atom stereocenters. The van der Waals surface area contributed by atoms with Crippen LogP contribution >= 0.6 is 0 Å². The lowest BCUT2D eigenvalue weighted by molar-refractivity contribution is -0.262. The Morgan fingerprint density at radius 3 is 2.53 bits per heavy atom. The van der Waals surface area contributed by atoms with Gasteiger partial charge < -0.3 is 14.8 Å². The van der Waals surface area contributed by atoms with Crippen molar-refractivity contribution in [2.45, 2.75) is 44.4 Å². The molecule has 1 aliphatic rings. The number of fused-ring (bicyclic) bond motifs is 1. The molecular weight excluding hydrogens is 417 g/mol. The Kier molecular flexibility index (Phi) is 6.69. The summed E-state index contributed by atoms with van der Waals surface area (Å²) in [6.07, 6.45) is -1.59. The van der Waals surface area contributed by atoms with Crippen LogP contribution < -0.4 is 4.90 Å². The van der Waals surface area contributed by atoms with Gasteiger partial charge in [0.05, 0.1) is 12.3 Å². The first-order valence-electron chi connectivity index (χ1n) is 10.5. The standard InChI is InChI=1S/C25H29F3N2O2/c1-18(29-32-4)20-10-7-12-21(15-20)23(2,3)16-24(31,25(26,27)28)17-30-14-8-11-19-9-5-6-13-22(19)30/h5-13,15,31H,14,16-17H2,1-4H3. The zero-order valence-electron chi connectivity index (χ0n) is 18.8. The summed E-state index contributed by atoms with van der Waals surface area (Å²) in [7, 11) is 1.44. The van der Waals surface area contributed by atoms with Crippen LogP contribution in [-0.2, 0) is 10.3 Å². The lowest BCUT2D eigenvalue weighted by atomic mass is 9.74. The van der Waals surface area contributed by atoms with Crippen LogP contribution in [0.25, 0.3) is 6.08 Å². The monoisotopic (exact) mass is 446 g/mol. The van der Waals surface area contributed by atoms with E-state index in [4.69, 9.17) is 4.84 Å². The van der Waals surface area contributed by atoms with Gasteiger partial charge in [0, 0.05) is 12.2 Å². The molecule has 0 fully saturated rings. The molecule has 0 radical (unpaired) electrons. The molecule has 0 saturated heterocycles. The molecule has 7 heteroatoms. The van der Waals surface area contributed by atoms with E-state index in [1.807, 2.05) is 30.4 Å². The molecule has 3 rings (SSSR count). The van der Waals surface area contributed by atoms with Gasteiger partial charge in [0.25, 0.3) is 0 Å². The zero-order chi connectivity index (χ0) is 23.6. The van der Waals surface area contributed by atoms with Crippen molar-refractivity contribution in [3.05, 3.63) is 71.3 Å². The van der Waals surface area contributed by atoms with Crippen molar-refractivity contribution in [2.24, 2.45) is 5.16 Å². The fourth-order valence-corrected chi connectivity index (χ4v) is 4.22. The third-order valence-electron chi connectivity index (χ3n) is 5.91. The second-order valence-corrected chi connectivity index (χ2v) is 8.87. The minimum absolute atomic E-state index is 0.304. The Balaban J connectivity index is 1.93. The van der Waals surface area contributed by atoms with E-state index in [-0.39, 0.29) is 0 Å². The smallest absolute Gasteiger partial charge is 0.399 e. The van der Waals surface area contributed by atoms with E-state index in [1.54, 1.807) is 56.0 Å². The van der Waals surface area contributed by atoms with Crippen LogP contribution in [0.2, 0.25) is 0 Å². The van der Waals surface area contributed by atoms with Crippen LogP contribution in [0.4, 0.5) is 18.9 Å². The quantitative estimate of drug-likeness (QED) is 0.448. The summed E-state index contributed by atoms with van der Waals surface area (Å²) in [5.74, 6) is 0. The van der Waals surface area contributed by atoms with Gasteiger partial charge >= 0.3 is 6.18 Å². The summed E-state index contributed by atoms with van der Waals surface area (Å²) in [6.45, 7) is 4.96. The first-order chi connectivity index (χ1) is 15.0. The molecule has 1 N–H and O–H groups in total. The van der Waals surface area contributed by atoms with Gasteiger partial charge in [-0.05, 0) is 47.6 Å². The van der Waals surface area contributed by atoms with Gasteiger partial charge in [0.15, 0.2) is 5.60 Å². The van der Waals surface area contributed by atoms with Crippen molar-refractivity contribution < 1.29 is 23.1 Å². The number of anilines is 1. The maximum absolute atomic E-state index is 14.3. The molecule has 0 amide bonds. The number of β-amino-alcohol motifs (C(OH)–C–C–N with tert-alkyl or cyclic N) is 1. The van der Waals surface area contributed by atoms with Crippen LogP contribution in [-0.4, -0.2) is 42.8 Å². The summed E-state index contributed by atoms with van der Waals surface area (Å²) in [4.78, 5) is 6.40. The number of rotatable bonds is 7. The van der Waals surface area contributed by atoms with E-state index >= 15 is 0 Å². The Morgan fingerprint density at radius 2 is 1.84 bits per heavy atom. The molecule has 1 heterocycles. The van der Waals surface area contributed by atoms with E-state index < -0.39 is 30.2 Å². The van der Waals surface area contributed by atoms with Gasteiger partial charge in [-0.2, -0.15) is 13.2 Å². The molecule has 172 valence electrons. The molecule has 0 spiro atoms. The molecule has 1 atom stereocenters. The molecule has 0 aliphatic carbocycles. The number of halogens is 3. The van der Waals surface area contributed by atoms with Crippen LogP contribution in [0.15, 0.2) is 59.8 Å². The first kappa shape index (κ1) is 23.9. The molecule has 2 aromatic carbocycles. The van der Waals surface area contributed by atoms with E-state index in [0.29, 0.717) is 23.5 Å². The number of para-hydroxylation sites is 1. The van der Waals surface area contributed by atoms with E-state index in [0.717, 1.165) is 11.1 Å². The Hall–Kier alpha value is -2.80. The van der Waals surface area contributed by atoms with E-state index in [2.05, 4.69) is 5.16 Å². The predicted molar refractivity (Wildman–Crippen MR) is 122 cm³/mol. The first-order valence-corrected chi connectivity index (χ1v) is 10.5. The normalized spacial score (nSPS) is 16.5. The number of aliphatic hydroxyl groups is 1. The average molecular weight is 447 g/mol. The average Bonchev–Trinajstić information content (AvgIpc) is 2.73. The third kappa shape index (κ3) is 4.99. The Labute approximate surface area is 187 Å². The summed E-state index contributed by atoms with van der Waals surface area (Å²) < 4.78 is 42.8. The summed E-state index contributed by atoms with van der Waals surface area (Å²) in [5.41, 5.74) is -0.288. The highest BCUT2D eigenvalue weighted by Crippen LogP contribution is 2.43.